The predicted molar refractivity (Wildman–Crippen MR) is 80.9 cm³/mol. The summed E-state index contributed by atoms with van der Waals surface area (Å²) >= 11 is 0. The lowest BCUT2D eigenvalue weighted by Crippen LogP contribution is -2.33. The molecular formula is C16H23NO4. The smallest absolute Gasteiger partial charge is 0.407 e. The molecule has 0 aliphatic heterocycles. The van der Waals surface area contributed by atoms with Crippen molar-refractivity contribution in [3.05, 3.63) is 29.3 Å². The molecule has 1 N–H and O–H groups in total. The van der Waals surface area contributed by atoms with Crippen LogP contribution in [0.3, 0.4) is 0 Å². The molecular weight excluding hydrogens is 270 g/mol. The molecule has 0 aliphatic carbocycles. The number of rotatable bonds is 6. The van der Waals surface area contributed by atoms with Crippen molar-refractivity contribution in [3.63, 3.8) is 0 Å². The topological polar surface area (TPSA) is 64.6 Å². The molecule has 116 valence electrons. The van der Waals surface area contributed by atoms with Crippen LogP contribution < -0.4 is 10.1 Å². The molecule has 1 rings (SSSR count). The number of carbonyl (C=O) groups is 2. The molecule has 0 spiro atoms. The third kappa shape index (κ3) is 6.79. The Morgan fingerprint density at radius 1 is 1.33 bits per heavy atom. The van der Waals surface area contributed by atoms with Crippen LogP contribution in [0.25, 0.3) is 0 Å². The molecule has 0 heterocycles. The first-order valence-electron chi connectivity index (χ1n) is 6.97. The average molecular weight is 293 g/mol. The lowest BCUT2D eigenvalue weighted by molar-refractivity contribution is 0.0525. The Hall–Kier alpha value is -2.04. The Morgan fingerprint density at radius 3 is 2.62 bits per heavy atom. The van der Waals surface area contributed by atoms with Crippen molar-refractivity contribution in [1.82, 2.24) is 5.32 Å². The van der Waals surface area contributed by atoms with E-state index < -0.39 is 11.7 Å². The Bertz CT molecular complexity index is 492. The van der Waals surface area contributed by atoms with Crippen LogP contribution in [0.4, 0.5) is 4.79 Å². The third-order valence-corrected chi connectivity index (χ3v) is 2.58. The number of nitrogens with one attached hydrogen (secondary N) is 1. The number of aldehydes is 1. The van der Waals surface area contributed by atoms with E-state index in [1.807, 2.05) is 27.7 Å². The highest BCUT2D eigenvalue weighted by Gasteiger charge is 2.15. The zero-order chi connectivity index (χ0) is 15.9. The molecule has 1 aromatic carbocycles. The normalized spacial score (nSPS) is 10.9. The summed E-state index contributed by atoms with van der Waals surface area (Å²) in [4.78, 5) is 22.0. The minimum absolute atomic E-state index is 0.422. The van der Waals surface area contributed by atoms with Crippen LogP contribution in [0, 0.1) is 6.92 Å². The molecule has 0 radical (unpaired) electrons. The molecule has 21 heavy (non-hydrogen) atoms. The lowest BCUT2D eigenvalue weighted by atomic mass is 10.1. The van der Waals surface area contributed by atoms with Crippen LogP contribution in [0.2, 0.25) is 0 Å². The zero-order valence-corrected chi connectivity index (χ0v) is 13.1. The molecule has 0 atom stereocenters. The van der Waals surface area contributed by atoms with Crippen LogP contribution in [-0.2, 0) is 4.74 Å². The van der Waals surface area contributed by atoms with Crippen LogP contribution in [0.15, 0.2) is 18.2 Å². The Labute approximate surface area is 125 Å². The van der Waals surface area contributed by atoms with Gasteiger partial charge in [-0.2, -0.15) is 0 Å². The fraction of sp³-hybridized carbons (Fsp3) is 0.500. The number of carbonyl (C=O) groups excluding carboxylic acids is 2. The van der Waals surface area contributed by atoms with Gasteiger partial charge in [0.25, 0.3) is 0 Å². The summed E-state index contributed by atoms with van der Waals surface area (Å²) in [6.45, 7) is 8.32. The van der Waals surface area contributed by atoms with Crippen LogP contribution >= 0.6 is 0 Å². The minimum atomic E-state index is -0.488. The van der Waals surface area contributed by atoms with Gasteiger partial charge in [0.1, 0.15) is 17.6 Å². The number of ether oxygens (including phenoxy) is 2. The molecule has 0 saturated heterocycles. The summed E-state index contributed by atoms with van der Waals surface area (Å²) in [6, 6.07) is 5.27. The molecule has 1 amide bonds. The van der Waals surface area contributed by atoms with Gasteiger partial charge in [-0.1, -0.05) is 0 Å². The first kappa shape index (κ1) is 17.0. The highest BCUT2D eigenvalue weighted by atomic mass is 16.6. The van der Waals surface area contributed by atoms with Gasteiger partial charge in [-0.3, -0.25) is 4.79 Å². The van der Waals surface area contributed by atoms with Crippen LogP contribution in [0.5, 0.6) is 5.75 Å². The van der Waals surface area contributed by atoms with Gasteiger partial charge in [-0.15, -0.1) is 0 Å². The van der Waals surface area contributed by atoms with Crippen molar-refractivity contribution in [2.75, 3.05) is 13.2 Å². The molecule has 0 unspecified atom stereocenters. The highest BCUT2D eigenvalue weighted by molar-refractivity contribution is 5.75. The van der Waals surface area contributed by atoms with E-state index in [9.17, 15) is 9.59 Å². The predicted octanol–water partition coefficient (Wildman–Crippen LogP) is 3.10. The van der Waals surface area contributed by atoms with Gasteiger partial charge in [0.05, 0.1) is 6.61 Å². The molecule has 0 fully saturated rings. The van der Waals surface area contributed by atoms with Crippen molar-refractivity contribution in [3.8, 4) is 5.75 Å². The standard InChI is InChI=1S/C16H23NO4/c1-12-10-13(11-18)6-7-14(12)20-9-5-8-17-15(19)21-16(2,3)4/h6-7,10-11H,5,8-9H2,1-4H3,(H,17,19). The number of hydrogen-bond acceptors (Lipinski definition) is 4. The Kier molecular flexibility index (Phi) is 6.21. The quantitative estimate of drug-likeness (QED) is 0.646. The van der Waals surface area contributed by atoms with E-state index in [1.54, 1.807) is 18.2 Å². The van der Waals surface area contributed by atoms with Gasteiger partial charge in [0, 0.05) is 12.1 Å². The van der Waals surface area contributed by atoms with Gasteiger partial charge in [-0.05, 0) is 57.9 Å². The summed E-state index contributed by atoms with van der Waals surface area (Å²) in [5, 5.41) is 2.67. The Balaban J connectivity index is 2.26. The summed E-state index contributed by atoms with van der Waals surface area (Å²) in [7, 11) is 0. The molecule has 0 saturated carbocycles. The van der Waals surface area contributed by atoms with Crippen molar-refractivity contribution in [2.45, 2.75) is 39.7 Å². The summed E-state index contributed by atoms with van der Waals surface area (Å²) < 4.78 is 10.7. The van der Waals surface area contributed by atoms with Gasteiger partial charge in [0.15, 0.2) is 0 Å². The second kappa shape index (κ2) is 7.67. The maximum absolute atomic E-state index is 11.4. The number of hydrogen-bond donors (Lipinski definition) is 1. The van der Waals surface area contributed by atoms with E-state index in [-0.39, 0.29) is 0 Å². The second-order valence-electron chi connectivity index (χ2n) is 5.77. The summed E-state index contributed by atoms with van der Waals surface area (Å²) in [5.74, 6) is 0.748. The minimum Gasteiger partial charge on any atom is -0.493 e. The molecule has 5 heteroatoms. The first-order valence-corrected chi connectivity index (χ1v) is 6.97. The average Bonchev–Trinajstić information content (AvgIpc) is 2.37. The maximum atomic E-state index is 11.4. The SMILES string of the molecule is Cc1cc(C=O)ccc1OCCCNC(=O)OC(C)(C)C. The summed E-state index contributed by atoms with van der Waals surface area (Å²) in [5.41, 5.74) is 1.06. The number of benzene rings is 1. The highest BCUT2D eigenvalue weighted by Crippen LogP contribution is 2.18. The van der Waals surface area contributed by atoms with E-state index in [1.165, 1.54) is 0 Å². The number of amides is 1. The van der Waals surface area contributed by atoms with E-state index in [4.69, 9.17) is 9.47 Å². The third-order valence-electron chi connectivity index (χ3n) is 2.58. The number of aryl methyl sites for hydroxylation is 1. The van der Waals surface area contributed by atoms with Gasteiger partial charge < -0.3 is 14.8 Å². The van der Waals surface area contributed by atoms with E-state index >= 15 is 0 Å². The van der Waals surface area contributed by atoms with Gasteiger partial charge in [0.2, 0.25) is 0 Å². The van der Waals surface area contributed by atoms with Crippen molar-refractivity contribution in [1.29, 1.82) is 0 Å². The largest absolute Gasteiger partial charge is 0.493 e. The zero-order valence-electron chi connectivity index (χ0n) is 13.1. The van der Waals surface area contributed by atoms with E-state index in [2.05, 4.69) is 5.32 Å². The lowest BCUT2D eigenvalue weighted by Gasteiger charge is -2.19. The summed E-state index contributed by atoms with van der Waals surface area (Å²) in [6.07, 6.45) is 1.06. The van der Waals surface area contributed by atoms with Crippen molar-refractivity contribution in [2.24, 2.45) is 0 Å². The van der Waals surface area contributed by atoms with Gasteiger partial charge >= 0.3 is 6.09 Å². The molecule has 0 aromatic heterocycles. The van der Waals surface area contributed by atoms with Crippen molar-refractivity contribution >= 4 is 12.4 Å². The van der Waals surface area contributed by atoms with Crippen LogP contribution in [0.1, 0.15) is 43.1 Å². The molecule has 0 aliphatic rings. The van der Waals surface area contributed by atoms with E-state index in [0.29, 0.717) is 25.1 Å². The fourth-order valence-electron chi connectivity index (χ4n) is 1.67. The van der Waals surface area contributed by atoms with Gasteiger partial charge in [-0.25, -0.2) is 4.79 Å². The Morgan fingerprint density at radius 2 is 2.05 bits per heavy atom. The number of alkyl carbamates (subject to hydrolysis) is 1. The fourth-order valence-corrected chi connectivity index (χ4v) is 1.67. The van der Waals surface area contributed by atoms with Crippen LogP contribution in [-0.4, -0.2) is 31.1 Å². The first-order chi connectivity index (χ1) is 9.81. The van der Waals surface area contributed by atoms with Crippen molar-refractivity contribution < 1.29 is 19.1 Å². The monoisotopic (exact) mass is 293 g/mol. The molecule has 0 bridgehead atoms. The molecule has 5 nitrogen and oxygen atoms in total. The van der Waals surface area contributed by atoms with E-state index in [0.717, 1.165) is 17.6 Å². The molecule has 1 aromatic rings. The maximum Gasteiger partial charge on any atom is 0.407 e. The second-order valence-corrected chi connectivity index (χ2v) is 5.77.